The zero-order valence-corrected chi connectivity index (χ0v) is 21.3. The molecule has 3 N–H and O–H groups in total. The molecule has 0 saturated heterocycles. The number of carboxylic acid groups (broad SMARTS) is 1. The first-order valence-corrected chi connectivity index (χ1v) is 12.3. The van der Waals surface area contributed by atoms with Crippen molar-refractivity contribution in [3.05, 3.63) is 0 Å². The molecule has 0 amide bonds. The van der Waals surface area contributed by atoms with Crippen LogP contribution in [0.15, 0.2) is 4.76 Å². The van der Waals surface area contributed by atoms with Gasteiger partial charge in [-0.25, -0.2) is 28.0 Å². The van der Waals surface area contributed by atoms with Gasteiger partial charge in [-0.05, 0) is 33.6 Å². The monoisotopic (exact) mass is 513 g/mol. The molecule has 0 radical (unpaired) electrons. The number of carbonyl (C=O) groups is 3. The maximum Gasteiger partial charge on any atom is 0.510 e. The summed E-state index contributed by atoms with van der Waals surface area (Å²) in [6, 6.07) is -1.14. The predicted octanol–water partition coefficient (Wildman–Crippen LogP) is 3.45. The van der Waals surface area contributed by atoms with E-state index in [1.54, 1.807) is 0 Å². The summed E-state index contributed by atoms with van der Waals surface area (Å²) in [7, 11) is -3.33. The minimum absolute atomic E-state index is 0.115. The number of rotatable bonds is 15. The number of ether oxygens (including phenoxy) is 4. The molecule has 0 aromatic carbocycles. The minimum Gasteiger partial charge on any atom is -0.480 e. The molecule has 0 aromatic heterocycles. The number of nitrogens with zero attached hydrogens (tertiary/aromatic N) is 2. The van der Waals surface area contributed by atoms with Crippen LogP contribution >= 0.6 is 7.75 Å². The Kier molecular flexibility index (Phi) is 14.9. The van der Waals surface area contributed by atoms with E-state index in [2.05, 4.69) is 4.76 Å². The highest BCUT2D eigenvalue weighted by molar-refractivity contribution is 7.52. The second kappa shape index (κ2) is 16.1. The van der Waals surface area contributed by atoms with E-state index >= 15 is 0 Å². The molecule has 0 aliphatic carbocycles. The van der Waals surface area contributed by atoms with E-state index < -0.39 is 50.6 Å². The number of likely N-dealkylation sites (N-methyl/N-ethyl adjacent to an activating group) is 1. The fourth-order valence-corrected chi connectivity index (χ4v) is 3.36. The van der Waals surface area contributed by atoms with E-state index in [4.69, 9.17) is 38.8 Å². The smallest absolute Gasteiger partial charge is 0.480 e. The Morgan fingerprint density at radius 1 is 0.941 bits per heavy atom. The number of hydrogen-bond donors (Lipinski definition) is 2. The molecule has 0 aromatic rings. The van der Waals surface area contributed by atoms with Crippen molar-refractivity contribution >= 4 is 32.0 Å². The molecule has 0 bridgehead atoms. The van der Waals surface area contributed by atoms with Gasteiger partial charge in [0.1, 0.15) is 6.04 Å². The summed E-state index contributed by atoms with van der Waals surface area (Å²) in [4.78, 5) is 35.6. The summed E-state index contributed by atoms with van der Waals surface area (Å²) in [5.41, 5.74) is 5.77. The molecule has 3 atom stereocenters. The summed E-state index contributed by atoms with van der Waals surface area (Å²) in [6.07, 6.45) is -2.32. The number of unbranched alkanes of at least 4 members (excludes halogenated alkanes) is 2. The van der Waals surface area contributed by atoms with Crippen LogP contribution in [0.25, 0.3) is 0 Å². The zero-order valence-electron chi connectivity index (χ0n) is 20.4. The van der Waals surface area contributed by atoms with Crippen molar-refractivity contribution in [3.8, 4) is 0 Å². The quantitative estimate of drug-likeness (QED) is 0.0810. The molecule has 0 spiro atoms. The van der Waals surface area contributed by atoms with Crippen LogP contribution in [0.5, 0.6) is 0 Å². The third kappa shape index (κ3) is 13.2. The maximum absolute atomic E-state index is 13.3. The van der Waals surface area contributed by atoms with Gasteiger partial charge < -0.3 is 34.7 Å². The SMILES string of the molecule is CCCCOC(=O)OC(C)OP(=O)(N=C(N)N(C)C(C)C(=O)O)OC(C)OC(=O)OCCCC. The Bertz CT molecular complexity index is 698. The lowest BCUT2D eigenvalue weighted by molar-refractivity contribution is -0.140. The summed E-state index contributed by atoms with van der Waals surface area (Å²) >= 11 is 0. The second-order valence-corrected chi connectivity index (χ2v) is 8.60. The highest BCUT2D eigenvalue weighted by Gasteiger charge is 2.35. The molecule has 34 heavy (non-hydrogen) atoms. The lowest BCUT2D eigenvalue weighted by Gasteiger charge is -2.25. The maximum atomic E-state index is 13.3. The van der Waals surface area contributed by atoms with Gasteiger partial charge in [0.2, 0.25) is 18.5 Å². The van der Waals surface area contributed by atoms with E-state index in [1.807, 2.05) is 13.8 Å². The predicted molar refractivity (Wildman–Crippen MR) is 120 cm³/mol. The number of carboxylic acids is 1. The average Bonchev–Trinajstić information content (AvgIpc) is 2.71. The molecule has 0 aliphatic heterocycles. The molecule has 0 aliphatic rings. The first kappa shape index (κ1) is 31.4. The van der Waals surface area contributed by atoms with E-state index in [1.165, 1.54) is 27.8 Å². The second-order valence-electron chi connectivity index (χ2n) is 7.04. The van der Waals surface area contributed by atoms with Crippen molar-refractivity contribution in [1.82, 2.24) is 4.90 Å². The molecule has 0 saturated carbocycles. The topological polar surface area (TPSA) is 186 Å². The summed E-state index contributed by atoms with van der Waals surface area (Å²) in [5, 5.41) is 9.14. The van der Waals surface area contributed by atoms with Crippen LogP contribution in [0.4, 0.5) is 9.59 Å². The number of hydrogen-bond acceptors (Lipinski definition) is 10. The third-order valence-electron chi connectivity index (χ3n) is 4.05. The Balaban J connectivity index is 5.47. The minimum atomic E-state index is -4.62. The highest BCUT2D eigenvalue weighted by Crippen LogP contribution is 2.52. The van der Waals surface area contributed by atoms with Crippen molar-refractivity contribution in [2.45, 2.75) is 78.9 Å². The third-order valence-corrected chi connectivity index (χ3v) is 5.62. The molecule has 14 nitrogen and oxygen atoms in total. The summed E-state index contributed by atoms with van der Waals surface area (Å²) in [6.45, 7) is 7.79. The van der Waals surface area contributed by atoms with Crippen LogP contribution in [-0.2, 0) is 37.4 Å². The fraction of sp³-hybridized carbons (Fsp3) is 0.789. The standard InChI is InChI=1S/C19H36N3O11P/c1-7-9-11-28-18(25)30-14(4)32-34(27,21-17(20)22(6)13(3)16(23)24)33-15(5)31-19(26)29-12-10-8-2/h13-15H,7-12H2,1-6H3,(H,23,24)(H2,20,21,27). The number of aliphatic carboxylic acids is 1. The Morgan fingerprint density at radius 3 is 1.71 bits per heavy atom. The van der Waals surface area contributed by atoms with E-state index in [-0.39, 0.29) is 13.2 Å². The number of nitrogens with two attached hydrogens (primary N) is 1. The molecule has 0 fully saturated rings. The number of guanidine groups is 1. The average molecular weight is 513 g/mol. The summed E-state index contributed by atoms with van der Waals surface area (Å²) < 4.78 is 46.7. The van der Waals surface area contributed by atoms with Gasteiger partial charge in [0.05, 0.1) is 13.2 Å². The van der Waals surface area contributed by atoms with Gasteiger partial charge in [-0.2, -0.15) is 0 Å². The Hall–Kier alpha value is -2.57. The van der Waals surface area contributed by atoms with Crippen LogP contribution < -0.4 is 5.73 Å². The van der Waals surface area contributed by atoms with Crippen LogP contribution in [0.1, 0.15) is 60.3 Å². The van der Waals surface area contributed by atoms with Gasteiger partial charge in [0.15, 0.2) is 0 Å². The van der Waals surface area contributed by atoms with Gasteiger partial charge in [-0.15, -0.1) is 4.76 Å². The molecule has 0 rings (SSSR count). The lowest BCUT2D eigenvalue weighted by Crippen LogP contribution is -2.44. The van der Waals surface area contributed by atoms with Crippen LogP contribution in [0.3, 0.4) is 0 Å². The van der Waals surface area contributed by atoms with Crippen molar-refractivity contribution in [2.24, 2.45) is 10.5 Å². The van der Waals surface area contributed by atoms with Crippen molar-refractivity contribution in [2.75, 3.05) is 20.3 Å². The van der Waals surface area contributed by atoms with Crippen molar-refractivity contribution in [3.63, 3.8) is 0 Å². The van der Waals surface area contributed by atoms with Crippen LogP contribution in [0.2, 0.25) is 0 Å². The van der Waals surface area contributed by atoms with Gasteiger partial charge >= 0.3 is 26.0 Å². The molecule has 3 unspecified atom stereocenters. The van der Waals surface area contributed by atoms with Gasteiger partial charge in [-0.3, -0.25) is 0 Å². The first-order chi connectivity index (χ1) is 15.8. The lowest BCUT2D eigenvalue weighted by atomic mass is 10.3. The van der Waals surface area contributed by atoms with Gasteiger partial charge in [0.25, 0.3) is 0 Å². The Labute approximate surface area is 199 Å². The van der Waals surface area contributed by atoms with E-state index in [9.17, 15) is 18.9 Å². The highest BCUT2D eigenvalue weighted by atomic mass is 31.2. The van der Waals surface area contributed by atoms with E-state index in [0.29, 0.717) is 12.8 Å². The number of carbonyl (C=O) groups excluding carboxylic acids is 2. The first-order valence-electron chi connectivity index (χ1n) is 10.8. The van der Waals surface area contributed by atoms with Crippen LogP contribution in [0, 0.1) is 0 Å². The Morgan fingerprint density at radius 2 is 1.35 bits per heavy atom. The molecular weight excluding hydrogens is 477 g/mol. The van der Waals surface area contributed by atoms with Gasteiger partial charge in [0, 0.05) is 7.05 Å². The normalized spacial score (nSPS) is 15.9. The van der Waals surface area contributed by atoms with Crippen molar-refractivity contribution in [1.29, 1.82) is 0 Å². The fourth-order valence-electron chi connectivity index (χ4n) is 1.99. The zero-order chi connectivity index (χ0) is 26.3. The molecular formula is C19H36N3O11P. The molecule has 0 heterocycles. The van der Waals surface area contributed by atoms with E-state index in [0.717, 1.165) is 17.7 Å². The largest absolute Gasteiger partial charge is 0.510 e. The van der Waals surface area contributed by atoms with Crippen LogP contribution in [-0.4, -0.2) is 73.1 Å². The summed E-state index contributed by atoms with van der Waals surface area (Å²) in [5.74, 6) is -1.75. The van der Waals surface area contributed by atoms with Gasteiger partial charge in [-0.1, -0.05) is 26.7 Å². The molecule has 15 heteroatoms. The van der Waals surface area contributed by atoms with Crippen molar-refractivity contribution < 1.29 is 52.1 Å². The molecule has 198 valence electrons.